The zero-order valence-electron chi connectivity index (χ0n) is 12.1. The lowest BCUT2D eigenvalue weighted by Gasteiger charge is -2.05. The highest BCUT2D eigenvalue weighted by atomic mass is 19.3. The summed E-state index contributed by atoms with van der Waals surface area (Å²) in [5, 5.41) is 6.38. The van der Waals surface area contributed by atoms with E-state index in [1.807, 2.05) is 42.5 Å². The Bertz CT molecular complexity index is 834. The molecular formula is C18H14F2N2O. The summed E-state index contributed by atoms with van der Waals surface area (Å²) < 4.78 is 28.7. The SMILES string of the molecule is FC(F)Oc1cccc(/C=N\Nc2ccc3ccccc3c2)c1. The number of nitrogens with one attached hydrogen (secondary N) is 1. The average Bonchev–Trinajstić information content (AvgIpc) is 2.54. The lowest BCUT2D eigenvalue weighted by Crippen LogP contribution is -2.02. The van der Waals surface area contributed by atoms with Crippen LogP contribution in [-0.2, 0) is 0 Å². The van der Waals surface area contributed by atoms with E-state index in [1.54, 1.807) is 18.3 Å². The Labute approximate surface area is 132 Å². The Morgan fingerprint density at radius 3 is 2.57 bits per heavy atom. The lowest BCUT2D eigenvalue weighted by atomic mass is 10.1. The maximum absolute atomic E-state index is 12.2. The normalized spacial score (nSPS) is 11.3. The minimum atomic E-state index is -2.84. The fourth-order valence-electron chi connectivity index (χ4n) is 2.21. The van der Waals surface area contributed by atoms with Gasteiger partial charge in [0.25, 0.3) is 0 Å². The molecule has 3 rings (SSSR count). The van der Waals surface area contributed by atoms with E-state index in [1.165, 1.54) is 12.1 Å². The van der Waals surface area contributed by atoms with Crippen molar-refractivity contribution in [1.82, 2.24) is 0 Å². The quantitative estimate of drug-likeness (QED) is 0.538. The van der Waals surface area contributed by atoms with E-state index >= 15 is 0 Å². The monoisotopic (exact) mass is 312 g/mol. The second kappa shape index (κ2) is 6.87. The fraction of sp³-hybridized carbons (Fsp3) is 0.0556. The fourth-order valence-corrected chi connectivity index (χ4v) is 2.21. The molecule has 0 aliphatic rings. The molecule has 0 heterocycles. The van der Waals surface area contributed by atoms with Crippen LogP contribution in [0.2, 0.25) is 0 Å². The molecule has 0 atom stereocenters. The molecule has 0 aromatic heterocycles. The van der Waals surface area contributed by atoms with Gasteiger partial charge in [-0.25, -0.2) is 0 Å². The van der Waals surface area contributed by atoms with E-state index < -0.39 is 6.61 Å². The van der Waals surface area contributed by atoms with Gasteiger partial charge in [-0.3, -0.25) is 5.43 Å². The number of anilines is 1. The van der Waals surface area contributed by atoms with Crippen LogP contribution in [0.25, 0.3) is 10.8 Å². The molecule has 0 unspecified atom stereocenters. The van der Waals surface area contributed by atoms with Gasteiger partial charge in [-0.1, -0.05) is 42.5 Å². The van der Waals surface area contributed by atoms with Crippen molar-refractivity contribution in [3.8, 4) is 5.75 Å². The molecule has 0 fully saturated rings. The number of hydrogen-bond acceptors (Lipinski definition) is 3. The first kappa shape index (κ1) is 15.0. The minimum Gasteiger partial charge on any atom is -0.435 e. The predicted octanol–water partition coefficient (Wildman–Crippen LogP) is 4.89. The van der Waals surface area contributed by atoms with Crippen LogP contribution in [0.5, 0.6) is 5.75 Å². The average molecular weight is 312 g/mol. The van der Waals surface area contributed by atoms with Gasteiger partial charge in [-0.2, -0.15) is 13.9 Å². The molecule has 0 spiro atoms. The maximum Gasteiger partial charge on any atom is 0.387 e. The number of hydrazone groups is 1. The van der Waals surface area contributed by atoms with Gasteiger partial charge in [0.15, 0.2) is 0 Å². The molecule has 0 aliphatic heterocycles. The summed E-state index contributed by atoms with van der Waals surface area (Å²) in [6.07, 6.45) is 1.55. The highest BCUT2D eigenvalue weighted by Crippen LogP contribution is 2.19. The van der Waals surface area contributed by atoms with Crippen LogP contribution in [0.1, 0.15) is 5.56 Å². The third-order valence-electron chi connectivity index (χ3n) is 3.24. The number of alkyl halides is 2. The van der Waals surface area contributed by atoms with Gasteiger partial charge in [0.05, 0.1) is 11.9 Å². The van der Waals surface area contributed by atoms with E-state index in [-0.39, 0.29) is 5.75 Å². The summed E-state index contributed by atoms with van der Waals surface area (Å²) in [5.74, 6) is 0.106. The number of nitrogens with zero attached hydrogens (tertiary/aromatic N) is 1. The lowest BCUT2D eigenvalue weighted by molar-refractivity contribution is -0.0498. The van der Waals surface area contributed by atoms with Crippen molar-refractivity contribution in [2.75, 3.05) is 5.43 Å². The summed E-state index contributed by atoms with van der Waals surface area (Å²) in [6, 6.07) is 20.3. The molecule has 5 heteroatoms. The van der Waals surface area contributed by atoms with Gasteiger partial charge in [0.2, 0.25) is 0 Å². The molecule has 3 aromatic rings. The van der Waals surface area contributed by atoms with Crippen LogP contribution in [-0.4, -0.2) is 12.8 Å². The molecule has 0 bridgehead atoms. The molecule has 3 aromatic carbocycles. The zero-order chi connectivity index (χ0) is 16.1. The number of rotatable bonds is 5. The van der Waals surface area contributed by atoms with Gasteiger partial charge in [0.1, 0.15) is 5.75 Å². The zero-order valence-corrected chi connectivity index (χ0v) is 12.1. The van der Waals surface area contributed by atoms with Crippen molar-refractivity contribution in [2.24, 2.45) is 5.10 Å². The summed E-state index contributed by atoms with van der Waals surface area (Å²) in [4.78, 5) is 0. The molecule has 1 N–H and O–H groups in total. The number of halogens is 2. The summed E-state index contributed by atoms with van der Waals surface area (Å²) in [7, 11) is 0. The predicted molar refractivity (Wildman–Crippen MR) is 88.2 cm³/mol. The van der Waals surface area contributed by atoms with Gasteiger partial charge in [-0.05, 0) is 40.6 Å². The third kappa shape index (κ3) is 4.03. The smallest absolute Gasteiger partial charge is 0.387 e. The van der Waals surface area contributed by atoms with Gasteiger partial charge in [0, 0.05) is 0 Å². The van der Waals surface area contributed by atoms with E-state index in [2.05, 4.69) is 15.3 Å². The largest absolute Gasteiger partial charge is 0.435 e. The van der Waals surface area contributed by atoms with Crippen LogP contribution < -0.4 is 10.2 Å². The Morgan fingerprint density at radius 1 is 0.913 bits per heavy atom. The number of ether oxygens (including phenoxy) is 1. The first-order valence-corrected chi connectivity index (χ1v) is 7.03. The molecule has 0 radical (unpaired) electrons. The highest BCUT2D eigenvalue weighted by Gasteiger charge is 2.03. The van der Waals surface area contributed by atoms with Crippen molar-refractivity contribution in [1.29, 1.82) is 0 Å². The first-order valence-electron chi connectivity index (χ1n) is 7.03. The number of hydrogen-bond donors (Lipinski definition) is 1. The Morgan fingerprint density at radius 2 is 1.74 bits per heavy atom. The number of benzene rings is 3. The maximum atomic E-state index is 12.2. The minimum absolute atomic E-state index is 0.106. The summed E-state index contributed by atoms with van der Waals surface area (Å²) in [6.45, 7) is -2.84. The van der Waals surface area contributed by atoms with Crippen LogP contribution in [0, 0.1) is 0 Å². The van der Waals surface area contributed by atoms with E-state index in [9.17, 15) is 8.78 Å². The molecule has 0 saturated heterocycles. The first-order chi connectivity index (χ1) is 11.2. The van der Waals surface area contributed by atoms with E-state index in [4.69, 9.17) is 0 Å². The molecule has 23 heavy (non-hydrogen) atoms. The topological polar surface area (TPSA) is 33.6 Å². The van der Waals surface area contributed by atoms with Crippen molar-refractivity contribution < 1.29 is 13.5 Å². The van der Waals surface area contributed by atoms with Crippen molar-refractivity contribution in [3.05, 3.63) is 72.3 Å². The van der Waals surface area contributed by atoms with Crippen LogP contribution in [0.4, 0.5) is 14.5 Å². The van der Waals surface area contributed by atoms with Gasteiger partial charge < -0.3 is 4.74 Å². The number of fused-ring (bicyclic) bond motifs is 1. The molecule has 3 nitrogen and oxygen atoms in total. The second-order valence-electron chi connectivity index (χ2n) is 4.88. The highest BCUT2D eigenvalue weighted by molar-refractivity contribution is 5.86. The van der Waals surface area contributed by atoms with Crippen LogP contribution in [0.3, 0.4) is 0 Å². The summed E-state index contributed by atoms with van der Waals surface area (Å²) in [5.41, 5.74) is 4.44. The third-order valence-corrected chi connectivity index (χ3v) is 3.24. The van der Waals surface area contributed by atoms with Crippen molar-refractivity contribution in [2.45, 2.75) is 6.61 Å². The van der Waals surface area contributed by atoms with Crippen molar-refractivity contribution in [3.63, 3.8) is 0 Å². The van der Waals surface area contributed by atoms with Crippen molar-refractivity contribution >= 4 is 22.7 Å². The van der Waals surface area contributed by atoms with Crippen LogP contribution >= 0.6 is 0 Å². The Hall–Kier alpha value is -2.95. The second-order valence-corrected chi connectivity index (χ2v) is 4.88. The summed E-state index contributed by atoms with van der Waals surface area (Å²) >= 11 is 0. The van der Waals surface area contributed by atoms with E-state index in [0.717, 1.165) is 16.5 Å². The van der Waals surface area contributed by atoms with Crippen LogP contribution in [0.15, 0.2) is 71.8 Å². The van der Waals surface area contributed by atoms with Gasteiger partial charge in [-0.15, -0.1) is 0 Å². The molecule has 0 aliphatic carbocycles. The Balaban J connectivity index is 1.70. The molecule has 116 valence electrons. The van der Waals surface area contributed by atoms with Gasteiger partial charge >= 0.3 is 6.61 Å². The standard InChI is InChI=1S/C18H14F2N2O/c19-18(20)23-17-7-3-4-13(10-17)12-21-22-16-9-8-14-5-1-2-6-15(14)11-16/h1-12,18,22H/b21-12-. The Kier molecular flexibility index (Phi) is 4.47. The molecular weight excluding hydrogens is 298 g/mol. The molecule has 0 saturated carbocycles. The molecule has 0 amide bonds. The van der Waals surface area contributed by atoms with E-state index in [0.29, 0.717) is 5.56 Å².